The van der Waals surface area contributed by atoms with Crippen molar-refractivity contribution in [1.82, 2.24) is 4.90 Å². The molecule has 1 unspecified atom stereocenters. The molecular weight excluding hydrogens is 210 g/mol. The monoisotopic (exact) mass is 235 g/mol. The lowest BCUT2D eigenvalue weighted by atomic mass is 10.2. The third-order valence-corrected chi connectivity index (χ3v) is 2.95. The van der Waals surface area contributed by atoms with E-state index in [9.17, 15) is 0 Å². The maximum atomic E-state index is 5.94. The second-order valence-corrected chi connectivity index (χ2v) is 5.03. The Labute approximate surface area is 106 Å². The van der Waals surface area contributed by atoms with E-state index in [2.05, 4.69) is 51.7 Å². The van der Waals surface area contributed by atoms with Crippen molar-refractivity contribution in [3.8, 4) is 0 Å². The minimum Gasteiger partial charge on any atom is -0.359 e. The summed E-state index contributed by atoms with van der Waals surface area (Å²) in [6.07, 6.45) is 0.148. The lowest BCUT2D eigenvalue weighted by molar-refractivity contribution is -0.0844. The number of rotatable bonds is 6. The van der Waals surface area contributed by atoms with Crippen molar-refractivity contribution in [2.45, 2.75) is 59.5 Å². The highest BCUT2D eigenvalue weighted by Crippen LogP contribution is 2.13. The van der Waals surface area contributed by atoms with E-state index < -0.39 is 0 Å². The maximum Gasteiger partial charge on any atom is 0.108 e. The summed E-state index contributed by atoms with van der Waals surface area (Å²) in [5, 5.41) is 0. The van der Waals surface area contributed by atoms with Gasteiger partial charge < -0.3 is 4.74 Å². The molecule has 1 rings (SSSR count). The fraction of sp³-hybridized carbons (Fsp3) is 0.600. The Morgan fingerprint density at radius 3 is 1.94 bits per heavy atom. The van der Waals surface area contributed by atoms with Gasteiger partial charge in [-0.1, -0.05) is 30.3 Å². The van der Waals surface area contributed by atoms with Crippen molar-refractivity contribution in [2.24, 2.45) is 0 Å². The van der Waals surface area contributed by atoms with E-state index in [1.165, 1.54) is 5.56 Å². The first kappa shape index (κ1) is 14.2. The Bertz CT molecular complexity index is 300. The van der Waals surface area contributed by atoms with Crippen molar-refractivity contribution in [3.63, 3.8) is 0 Å². The molecule has 0 radical (unpaired) electrons. The maximum absolute atomic E-state index is 5.94. The first-order valence-electron chi connectivity index (χ1n) is 6.45. The van der Waals surface area contributed by atoms with Crippen LogP contribution < -0.4 is 0 Å². The summed E-state index contributed by atoms with van der Waals surface area (Å²) in [6.45, 7) is 11.6. The molecule has 0 aliphatic rings. The fourth-order valence-electron chi connectivity index (χ4n) is 2.31. The van der Waals surface area contributed by atoms with E-state index in [0.717, 1.165) is 0 Å². The van der Waals surface area contributed by atoms with Crippen molar-refractivity contribution in [3.05, 3.63) is 35.9 Å². The molecule has 0 spiro atoms. The molecule has 0 aliphatic carbocycles. The SMILES string of the molecule is CC(C)N(C(C)C)C(C)OCc1ccccc1. The Morgan fingerprint density at radius 2 is 1.47 bits per heavy atom. The van der Waals surface area contributed by atoms with Crippen molar-refractivity contribution < 1.29 is 4.74 Å². The average molecular weight is 235 g/mol. The van der Waals surface area contributed by atoms with Crippen LogP contribution in [0.4, 0.5) is 0 Å². The minimum atomic E-state index is 0.148. The molecule has 0 saturated carbocycles. The van der Waals surface area contributed by atoms with Crippen LogP contribution in [0.2, 0.25) is 0 Å². The summed E-state index contributed by atoms with van der Waals surface area (Å²) in [5.41, 5.74) is 1.23. The molecule has 0 aliphatic heterocycles. The van der Waals surface area contributed by atoms with E-state index >= 15 is 0 Å². The zero-order valence-corrected chi connectivity index (χ0v) is 11.7. The molecule has 1 aromatic carbocycles. The van der Waals surface area contributed by atoms with Gasteiger partial charge in [0, 0.05) is 12.1 Å². The van der Waals surface area contributed by atoms with Gasteiger partial charge in [-0.3, -0.25) is 4.90 Å². The molecule has 96 valence electrons. The molecular formula is C15H25NO. The lowest BCUT2D eigenvalue weighted by Gasteiger charge is -2.35. The standard InChI is InChI=1S/C15H25NO/c1-12(2)16(13(3)4)14(5)17-11-15-9-7-6-8-10-15/h6-10,12-14H,11H2,1-5H3. The second kappa shape index (κ2) is 6.77. The van der Waals surface area contributed by atoms with Crippen molar-refractivity contribution in [2.75, 3.05) is 0 Å². The first-order valence-corrected chi connectivity index (χ1v) is 6.45. The molecule has 17 heavy (non-hydrogen) atoms. The van der Waals surface area contributed by atoms with Crippen LogP contribution in [0.3, 0.4) is 0 Å². The van der Waals surface area contributed by atoms with Gasteiger partial charge in [-0.15, -0.1) is 0 Å². The second-order valence-electron chi connectivity index (χ2n) is 5.03. The molecule has 1 aromatic rings. The van der Waals surface area contributed by atoms with E-state index in [1.54, 1.807) is 0 Å². The predicted octanol–water partition coefficient (Wildman–Crippen LogP) is 3.67. The Kier molecular flexibility index (Phi) is 5.66. The quantitative estimate of drug-likeness (QED) is 0.698. The van der Waals surface area contributed by atoms with Crippen LogP contribution in [-0.4, -0.2) is 23.2 Å². The highest BCUT2D eigenvalue weighted by atomic mass is 16.5. The highest BCUT2D eigenvalue weighted by molar-refractivity contribution is 5.13. The highest BCUT2D eigenvalue weighted by Gasteiger charge is 2.20. The number of benzene rings is 1. The summed E-state index contributed by atoms with van der Waals surface area (Å²) in [7, 11) is 0. The van der Waals surface area contributed by atoms with E-state index in [4.69, 9.17) is 4.74 Å². The number of nitrogens with zero attached hydrogens (tertiary/aromatic N) is 1. The summed E-state index contributed by atoms with van der Waals surface area (Å²) in [5.74, 6) is 0. The van der Waals surface area contributed by atoms with Gasteiger partial charge in [-0.05, 0) is 40.2 Å². The van der Waals surface area contributed by atoms with E-state index in [-0.39, 0.29) is 6.23 Å². The molecule has 2 heteroatoms. The molecule has 0 amide bonds. The normalized spacial score (nSPS) is 13.6. The Hall–Kier alpha value is -0.860. The topological polar surface area (TPSA) is 12.5 Å². The predicted molar refractivity (Wildman–Crippen MR) is 72.8 cm³/mol. The van der Waals surface area contributed by atoms with E-state index in [1.807, 2.05) is 18.2 Å². The molecule has 0 saturated heterocycles. The van der Waals surface area contributed by atoms with Crippen LogP contribution in [0, 0.1) is 0 Å². The molecule has 1 atom stereocenters. The third-order valence-electron chi connectivity index (χ3n) is 2.95. The third kappa shape index (κ3) is 4.49. The van der Waals surface area contributed by atoms with Crippen LogP contribution >= 0.6 is 0 Å². The van der Waals surface area contributed by atoms with Crippen molar-refractivity contribution in [1.29, 1.82) is 0 Å². The van der Waals surface area contributed by atoms with Crippen LogP contribution in [0.5, 0.6) is 0 Å². The minimum absolute atomic E-state index is 0.148. The van der Waals surface area contributed by atoms with Gasteiger partial charge in [0.1, 0.15) is 6.23 Å². The van der Waals surface area contributed by atoms with Gasteiger partial charge in [0.2, 0.25) is 0 Å². The van der Waals surface area contributed by atoms with Crippen LogP contribution in [0.1, 0.15) is 40.2 Å². The smallest absolute Gasteiger partial charge is 0.108 e. The summed E-state index contributed by atoms with van der Waals surface area (Å²) >= 11 is 0. The molecule has 0 fully saturated rings. The van der Waals surface area contributed by atoms with Gasteiger partial charge in [0.15, 0.2) is 0 Å². The average Bonchev–Trinajstić information content (AvgIpc) is 2.27. The molecule has 0 heterocycles. The first-order chi connectivity index (χ1) is 8.02. The van der Waals surface area contributed by atoms with Gasteiger partial charge in [-0.25, -0.2) is 0 Å². The van der Waals surface area contributed by atoms with Crippen LogP contribution in [0.15, 0.2) is 30.3 Å². The van der Waals surface area contributed by atoms with Gasteiger partial charge in [0.05, 0.1) is 6.61 Å². The number of hydrogen-bond acceptors (Lipinski definition) is 2. The Balaban J connectivity index is 2.50. The molecule has 2 nitrogen and oxygen atoms in total. The lowest BCUT2D eigenvalue weighted by Crippen LogP contribution is -2.44. The van der Waals surface area contributed by atoms with E-state index in [0.29, 0.717) is 18.7 Å². The number of hydrogen-bond donors (Lipinski definition) is 0. The van der Waals surface area contributed by atoms with Gasteiger partial charge in [-0.2, -0.15) is 0 Å². The van der Waals surface area contributed by atoms with Crippen LogP contribution in [-0.2, 0) is 11.3 Å². The Morgan fingerprint density at radius 1 is 0.941 bits per heavy atom. The summed E-state index contributed by atoms with van der Waals surface area (Å²) < 4.78 is 5.94. The largest absolute Gasteiger partial charge is 0.359 e. The number of ether oxygens (including phenoxy) is 1. The zero-order chi connectivity index (χ0) is 12.8. The fourth-order valence-corrected chi connectivity index (χ4v) is 2.31. The molecule has 0 bridgehead atoms. The molecule has 0 N–H and O–H groups in total. The summed E-state index contributed by atoms with van der Waals surface area (Å²) in [6, 6.07) is 11.3. The van der Waals surface area contributed by atoms with Crippen LogP contribution in [0.25, 0.3) is 0 Å². The zero-order valence-electron chi connectivity index (χ0n) is 11.7. The van der Waals surface area contributed by atoms with Gasteiger partial charge >= 0.3 is 0 Å². The van der Waals surface area contributed by atoms with Crippen molar-refractivity contribution >= 4 is 0 Å². The summed E-state index contributed by atoms with van der Waals surface area (Å²) in [4.78, 5) is 2.38. The molecule has 0 aromatic heterocycles. The van der Waals surface area contributed by atoms with Gasteiger partial charge in [0.25, 0.3) is 0 Å².